The lowest BCUT2D eigenvalue weighted by Crippen LogP contribution is -2.17. The summed E-state index contributed by atoms with van der Waals surface area (Å²) in [5, 5.41) is 0. The van der Waals surface area contributed by atoms with E-state index in [1.807, 2.05) is 0 Å². The van der Waals surface area contributed by atoms with Crippen molar-refractivity contribution in [3.05, 3.63) is 0 Å². The number of carbonyl (C=O) groups is 1. The quantitative estimate of drug-likeness (QED) is 0.468. The molecule has 0 aromatic heterocycles. The fraction of sp³-hybridized carbons (Fsp3) is 0.667. The third-order valence-electron chi connectivity index (χ3n) is 0.520. The van der Waals surface area contributed by atoms with E-state index in [2.05, 4.69) is 4.74 Å². The van der Waals surface area contributed by atoms with Crippen molar-refractivity contribution in [1.82, 2.24) is 0 Å². The number of halogens is 3. The van der Waals surface area contributed by atoms with Gasteiger partial charge in [-0.15, -0.1) is 3.89 Å². The highest BCUT2D eigenvalue weighted by Gasteiger charge is 2.19. The van der Waals surface area contributed by atoms with Gasteiger partial charge in [-0.05, 0) is 0 Å². The molecule has 66 valence electrons. The van der Waals surface area contributed by atoms with Crippen LogP contribution in [0.2, 0.25) is 0 Å². The average Bonchev–Trinajstić information content (AvgIpc) is 1.80. The van der Waals surface area contributed by atoms with Crippen LogP contribution in [0.15, 0.2) is 0 Å². The number of hydrogen-bond acceptors (Lipinski definition) is 4. The van der Waals surface area contributed by atoms with Crippen LogP contribution in [0.1, 0.15) is 0 Å². The summed E-state index contributed by atoms with van der Waals surface area (Å²) < 4.78 is 56.3. The molecule has 0 amide bonds. The molecular formula is C3H3F3O4S. The number of ether oxygens (including phenoxy) is 1. The van der Waals surface area contributed by atoms with E-state index in [-0.39, 0.29) is 0 Å². The highest BCUT2D eigenvalue weighted by Crippen LogP contribution is 1.98. The molecule has 0 saturated carbocycles. The molecule has 0 unspecified atom stereocenters. The summed E-state index contributed by atoms with van der Waals surface area (Å²) in [6.45, 7) is 0. The lowest BCUT2D eigenvalue weighted by atomic mass is 10.7. The lowest BCUT2D eigenvalue weighted by Gasteiger charge is -1.98. The van der Waals surface area contributed by atoms with E-state index >= 15 is 0 Å². The van der Waals surface area contributed by atoms with E-state index in [0.29, 0.717) is 0 Å². The molecule has 0 aliphatic carbocycles. The van der Waals surface area contributed by atoms with Crippen LogP contribution < -0.4 is 0 Å². The van der Waals surface area contributed by atoms with E-state index in [9.17, 15) is 25.9 Å². The molecule has 0 fully saturated rings. The van der Waals surface area contributed by atoms with Crippen LogP contribution in [0.3, 0.4) is 0 Å². The van der Waals surface area contributed by atoms with Crippen molar-refractivity contribution in [3.63, 3.8) is 0 Å². The van der Waals surface area contributed by atoms with Gasteiger partial charge in [-0.25, -0.2) is 4.79 Å². The van der Waals surface area contributed by atoms with E-state index in [0.717, 1.165) is 0 Å². The van der Waals surface area contributed by atoms with Crippen molar-refractivity contribution in [2.45, 2.75) is 6.43 Å². The Kier molecular flexibility index (Phi) is 3.30. The zero-order valence-corrected chi connectivity index (χ0v) is 5.78. The van der Waals surface area contributed by atoms with Crippen molar-refractivity contribution in [2.75, 3.05) is 5.94 Å². The number of rotatable bonds is 3. The Labute approximate surface area is 60.2 Å². The lowest BCUT2D eigenvalue weighted by molar-refractivity contribution is -0.154. The fourth-order valence-electron chi connectivity index (χ4n) is 0.191. The summed E-state index contributed by atoms with van der Waals surface area (Å²) in [5.74, 6) is -3.73. The topological polar surface area (TPSA) is 60.4 Å². The van der Waals surface area contributed by atoms with Crippen LogP contribution in [0.25, 0.3) is 0 Å². The van der Waals surface area contributed by atoms with Crippen molar-refractivity contribution in [2.24, 2.45) is 0 Å². The number of alkyl halides is 2. The van der Waals surface area contributed by atoms with Gasteiger partial charge in [-0.3, -0.25) is 0 Å². The first-order chi connectivity index (χ1) is 4.83. The van der Waals surface area contributed by atoms with Crippen LogP contribution in [-0.4, -0.2) is 26.8 Å². The Balaban J connectivity index is 3.83. The molecule has 8 heteroatoms. The van der Waals surface area contributed by atoms with Crippen LogP contribution in [0, 0.1) is 0 Å². The van der Waals surface area contributed by atoms with Crippen molar-refractivity contribution in [1.29, 1.82) is 0 Å². The van der Waals surface area contributed by atoms with Gasteiger partial charge in [0.1, 0.15) is 0 Å². The molecule has 0 radical (unpaired) electrons. The second-order valence-electron chi connectivity index (χ2n) is 1.42. The van der Waals surface area contributed by atoms with Crippen LogP contribution >= 0.6 is 0 Å². The maximum absolute atomic E-state index is 11.5. The monoisotopic (exact) mass is 192 g/mol. The highest BCUT2D eigenvalue weighted by molar-refractivity contribution is 7.86. The Morgan fingerprint density at radius 2 is 1.91 bits per heavy atom. The highest BCUT2D eigenvalue weighted by atomic mass is 32.3. The maximum Gasteiger partial charge on any atom is 0.374 e. The number of carbonyl (C=O) groups excluding carboxylic acids is 1. The predicted octanol–water partition coefficient (Wildman–Crippen LogP) is 0.0515. The van der Waals surface area contributed by atoms with Gasteiger partial charge in [0.25, 0.3) is 0 Å². The van der Waals surface area contributed by atoms with E-state index in [1.165, 1.54) is 0 Å². The molecule has 0 bridgehead atoms. The van der Waals surface area contributed by atoms with Crippen LogP contribution in [0.5, 0.6) is 0 Å². The molecule has 0 aliphatic rings. The smallest absolute Gasteiger partial charge is 0.374 e. The number of esters is 1. The van der Waals surface area contributed by atoms with Gasteiger partial charge in [0, 0.05) is 0 Å². The molecule has 11 heavy (non-hydrogen) atoms. The summed E-state index contributed by atoms with van der Waals surface area (Å²) in [6.07, 6.45) is -3.45. The summed E-state index contributed by atoms with van der Waals surface area (Å²) in [4.78, 5) is 9.79. The maximum atomic E-state index is 11.5. The minimum Gasteiger partial charge on any atom is -0.442 e. The normalized spacial score (nSPS) is 11.6. The van der Waals surface area contributed by atoms with Gasteiger partial charge in [-0.2, -0.15) is 17.2 Å². The Morgan fingerprint density at radius 1 is 1.45 bits per heavy atom. The van der Waals surface area contributed by atoms with Gasteiger partial charge in [-0.1, -0.05) is 0 Å². The Hall–Kier alpha value is -0.790. The summed E-state index contributed by atoms with van der Waals surface area (Å²) in [5.41, 5.74) is 0. The van der Waals surface area contributed by atoms with Crippen LogP contribution in [-0.2, 0) is 19.8 Å². The molecule has 0 N–H and O–H groups in total. The van der Waals surface area contributed by atoms with Gasteiger partial charge in [0.2, 0.25) is 5.94 Å². The van der Waals surface area contributed by atoms with Crippen molar-refractivity contribution < 1.29 is 30.6 Å². The van der Waals surface area contributed by atoms with E-state index < -0.39 is 28.6 Å². The summed E-state index contributed by atoms with van der Waals surface area (Å²) >= 11 is 0. The second kappa shape index (κ2) is 3.56. The molecule has 0 heterocycles. The number of hydrogen-bond donors (Lipinski definition) is 0. The predicted molar refractivity (Wildman–Crippen MR) is 27.0 cm³/mol. The molecule has 0 aromatic rings. The first-order valence-corrected chi connectivity index (χ1v) is 3.75. The standard InChI is InChI=1S/C3H3F3O4S/c4-2(5)3(7)10-1-11(6,8)9/h2H,1H2. The molecule has 4 nitrogen and oxygen atoms in total. The van der Waals surface area contributed by atoms with E-state index in [4.69, 9.17) is 0 Å². The molecular weight excluding hydrogens is 189 g/mol. The SMILES string of the molecule is O=C(OCS(=O)(=O)F)C(F)F. The third-order valence-corrected chi connectivity index (χ3v) is 0.920. The summed E-state index contributed by atoms with van der Waals surface area (Å²) in [6, 6.07) is 0. The first-order valence-electron chi connectivity index (χ1n) is 2.20. The molecule has 0 atom stereocenters. The van der Waals surface area contributed by atoms with Crippen LogP contribution in [0.4, 0.5) is 12.7 Å². The van der Waals surface area contributed by atoms with Crippen molar-refractivity contribution >= 4 is 16.2 Å². The van der Waals surface area contributed by atoms with Gasteiger partial charge < -0.3 is 4.74 Å². The minimum atomic E-state index is -5.03. The molecule has 0 aliphatic heterocycles. The fourth-order valence-corrected chi connectivity index (χ4v) is 0.448. The molecule has 0 saturated heterocycles. The summed E-state index contributed by atoms with van der Waals surface area (Å²) in [7, 11) is -5.03. The zero-order chi connectivity index (χ0) is 9.07. The average molecular weight is 192 g/mol. The van der Waals surface area contributed by atoms with Gasteiger partial charge in [0.15, 0.2) is 0 Å². The zero-order valence-electron chi connectivity index (χ0n) is 4.96. The van der Waals surface area contributed by atoms with Crippen molar-refractivity contribution in [3.8, 4) is 0 Å². The molecule has 0 rings (SSSR count). The Morgan fingerprint density at radius 3 is 2.18 bits per heavy atom. The molecule has 0 spiro atoms. The van der Waals surface area contributed by atoms with E-state index in [1.54, 1.807) is 0 Å². The van der Waals surface area contributed by atoms with Gasteiger partial charge >= 0.3 is 22.6 Å². The minimum absolute atomic E-state index is 1.67. The molecule has 0 aromatic carbocycles. The largest absolute Gasteiger partial charge is 0.442 e. The second-order valence-corrected chi connectivity index (χ2v) is 2.73. The third kappa shape index (κ3) is 5.64. The Bertz CT molecular complexity index is 233. The first kappa shape index (κ1) is 10.2. The van der Waals surface area contributed by atoms with Gasteiger partial charge in [0.05, 0.1) is 0 Å².